The molecule has 0 unspecified atom stereocenters. The number of nitrogens with zero attached hydrogens (tertiary/aromatic N) is 1. The number of benzene rings is 2. The first-order chi connectivity index (χ1) is 8.77. The third-order valence-electron chi connectivity index (χ3n) is 2.74. The first kappa shape index (κ1) is 11.7. The smallest absolute Gasteiger partial charge is 0.167 e. The fourth-order valence-electron chi connectivity index (χ4n) is 1.94. The van der Waals surface area contributed by atoms with E-state index in [0.717, 1.165) is 24.4 Å². The predicted octanol–water partition coefficient (Wildman–Crippen LogP) is 5.15. The molecule has 0 aliphatic rings. The molecule has 0 radical (unpaired) electrons. The molecule has 88 valence electrons. The van der Waals surface area contributed by atoms with Crippen LogP contribution in [0.3, 0.4) is 0 Å². The molecular formula is C14H9NS3. The second kappa shape index (κ2) is 4.72. The van der Waals surface area contributed by atoms with Gasteiger partial charge in [0.05, 0.1) is 5.52 Å². The number of hydrogen-bond acceptors (Lipinski definition) is 3. The number of hydrogen-bond donors (Lipinski definition) is 0. The van der Waals surface area contributed by atoms with Crippen molar-refractivity contribution in [2.75, 3.05) is 0 Å². The van der Waals surface area contributed by atoms with Crippen LogP contribution in [0.2, 0.25) is 0 Å². The molecule has 0 saturated heterocycles. The summed E-state index contributed by atoms with van der Waals surface area (Å²) in [4.78, 5) is 0. The van der Waals surface area contributed by atoms with Gasteiger partial charge in [-0.15, -0.1) is 0 Å². The molecule has 3 rings (SSSR count). The summed E-state index contributed by atoms with van der Waals surface area (Å²) in [6.07, 6.45) is 0. The summed E-state index contributed by atoms with van der Waals surface area (Å²) in [5.74, 6) is 0. The highest BCUT2D eigenvalue weighted by molar-refractivity contribution is 7.76. The summed E-state index contributed by atoms with van der Waals surface area (Å²) in [5.41, 5.74) is 2.14. The average molecular weight is 287 g/mol. The van der Waals surface area contributed by atoms with Gasteiger partial charge in [-0.3, -0.25) is 4.57 Å². The minimum Gasteiger partial charge on any atom is -0.292 e. The summed E-state index contributed by atoms with van der Waals surface area (Å²) in [6, 6.07) is 18.2. The summed E-state index contributed by atoms with van der Waals surface area (Å²) in [7, 11) is 0. The van der Waals surface area contributed by atoms with Crippen LogP contribution >= 0.6 is 35.8 Å². The van der Waals surface area contributed by atoms with Crippen molar-refractivity contribution in [3.63, 3.8) is 0 Å². The number of para-hydroxylation sites is 2. The van der Waals surface area contributed by atoms with Gasteiger partial charge in [0, 0.05) is 11.1 Å². The van der Waals surface area contributed by atoms with Crippen molar-refractivity contribution in [2.24, 2.45) is 0 Å². The molecule has 0 amide bonds. The first-order valence-corrected chi connectivity index (χ1v) is 7.11. The minimum absolute atomic E-state index is 0.782. The lowest BCUT2D eigenvalue weighted by molar-refractivity contribution is 1.11. The Hall–Kier alpha value is -1.36. The molecule has 1 aromatic heterocycles. The van der Waals surface area contributed by atoms with Gasteiger partial charge >= 0.3 is 0 Å². The van der Waals surface area contributed by atoms with E-state index < -0.39 is 0 Å². The lowest BCUT2D eigenvalue weighted by Crippen LogP contribution is -1.97. The predicted molar refractivity (Wildman–Crippen MR) is 82.8 cm³/mol. The molecule has 2 aromatic carbocycles. The summed E-state index contributed by atoms with van der Waals surface area (Å²) in [5, 5.41) is 1.08. The minimum atomic E-state index is 0.782. The molecule has 0 bridgehead atoms. The Morgan fingerprint density at radius 3 is 2.28 bits per heavy atom. The maximum Gasteiger partial charge on any atom is 0.167 e. The fraction of sp³-hybridized carbons (Fsp3) is 0. The third kappa shape index (κ3) is 1.92. The highest BCUT2D eigenvalue weighted by atomic mass is 32.2. The third-order valence-corrected chi connectivity index (χ3v) is 4.41. The van der Waals surface area contributed by atoms with Crippen molar-refractivity contribution >= 4 is 46.7 Å². The van der Waals surface area contributed by atoms with Gasteiger partial charge in [-0.05, 0) is 30.4 Å². The Morgan fingerprint density at radius 2 is 1.50 bits per heavy atom. The molecule has 0 aliphatic carbocycles. The van der Waals surface area contributed by atoms with Crippen LogP contribution in [0.1, 0.15) is 0 Å². The zero-order valence-corrected chi connectivity index (χ0v) is 11.8. The zero-order valence-electron chi connectivity index (χ0n) is 9.37. The molecule has 1 nitrogen and oxygen atoms in total. The molecule has 0 fully saturated rings. The van der Waals surface area contributed by atoms with E-state index in [-0.39, 0.29) is 0 Å². The average Bonchev–Trinajstić information content (AvgIpc) is 2.40. The van der Waals surface area contributed by atoms with Crippen LogP contribution in [0.25, 0.3) is 16.6 Å². The second-order valence-electron chi connectivity index (χ2n) is 3.84. The Kier molecular flexibility index (Phi) is 3.07. The van der Waals surface area contributed by atoms with E-state index in [2.05, 4.69) is 22.8 Å². The van der Waals surface area contributed by atoms with Crippen LogP contribution in [-0.2, 0) is 0 Å². The van der Waals surface area contributed by atoms with E-state index >= 15 is 0 Å². The van der Waals surface area contributed by atoms with Crippen molar-refractivity contribution in [3.05, 3.63) is 62.4 Å². The van der Waals surface area contributed by atoms with E-state index in [9.17, 15) is 0 Å². The van der Waals surface area contributed by atoms with E-state index in [4.69, 9.17) is 24.4 Å². The van der Waals surface area contributed by atoms with Crippen LogP contribution in [-0.4, -0.2) is 4.57 Å². The van der Waals surface area contributed by atoms with Crippen LogP contribution < -0.4 is 0 Å². The lowest BCUT2D eigenvalue weighted by Gasteiger charge is -2.10. The molecule has 0 saturated carbocycles. The number of rotatable bonds is 1. The van der Waals surface area contributed by atoms with Gasteiger partial charge in [-0.2, -0.15) is 0 Å². The standard InChI is InChI=1S/C14H9NS3/c16-13-11-8-4-5-9-12(11)15(14(17)18-13)10-6-2-1-3-7-10/h1-9H. The highest BCUT2D eigenvalue weighted by Crippen LogP contribution is 2.23. The summed E-state index contributed by atoms with van der Waals surface area (Å²) < 4.78 is 3.71. The Bertz CT molecular complexity index is 816. The highest BCUT2D eigenvalue weighted by Gasteiger charge is 2.04. The van der Waals surface area contributed by atoms with Crippen LogP contribution in [0.4, 0.5) is 0 Å². The Labute approximate surface area is 119 Å². The summed E-state index contributed by atoms with van der Waals surface area (Å²) in [6.45, 7) is 0. The van der Waals surface area contributed by atoms with Gasteiger partial charge in [-0.25, -0.2) is 0 Å². The van der Waals surface area contributed by atoms with Crippen LogP contribution in [0, 0.1) is 7.78 Å². The van der Waals surface area contributed by atoms with Gasteiger partial charge in [0.15, 0.2) is 3.95 Å². The van der Waals surface area contributed by atoms with Gasteiger partial charge in [0.25, 0.3) is 0 Å². The fourth-order valence-corrected chi connectivity index (χ4v) is 3.70. The monoisotopic (exact) mass is 287 g/mol. The molecule has 0 N–H and O–H groups in total. The van der Waals surface area contributed by atoms with E-state index in [1.807, 2.05) is 36.4 Å². The van der Waals surface area contributed by atoms with Crippen molar-refractivity contribution in [2.45, 2.75) is 0 Å². The quantitative estimate of drug-likeness (QED) is 0.570. The van der Waals surface area contributed by atoms with Gasteiger partial charge in [0.1, 0.15) is 3.82 Å². The zero-order chi connectivity index (χ0) is 12.5. The van der Waals surface area contributed by atoms with Crippen LogP contribution in [0.15, 0.2) is 54.6 Å². The van der Waals surface area contributed by atoms with Crippen molar-refractivity contribution in [1.29, 1.82) is 0 Å². The Balaban J connectivity index is 2.50. The van der Waals surface area contributed by atoms with Crippen molar-refractivity contribution in [3.8, 4) is 5.69 Å². The lowest BCUT2D eigenvalue weighted by atomic mass is 10.2. The first-order valence-electron chi connectivity index (χ1n) is 5.48. The molecule has 0 aliphatic heterocycles. The van der Waals surface area contributed by atoms with Gasteiger partial charge in [-0.1, -0.05) is 60.0 Å². The van der Waals surface area contributed by atoms with Gasteiger partial charge < -0.3 is 0 Å². The maximum atomic E-state index is 5.46. The normalized spacial score (nSPS) is 10.7. The number of fused-ring (bicyclic) bond motifs is 1. The van der Waals surface area contributed by atoms with E-state index in [0.29, 0.717) is 0 Å². The summed E-state index contributed by atoms with van der Waals surface area (Å²) >= 11 is 12.3. The molecule has 1 heterocycles. The maximum absolute atomic E-state index is 5.46. The molecule has 4 heteroatoms. The largest absolute Gasteiger partial charge is 0.292 e. The van der Waals surface area contributed by atoms with Crippen molar-refractivity contribution in [1.82, 2.24) is 4.57 Å². The van der Waals surface area contributed by atoms with E-state index in [1.165, 1.54) is 11.3 Å². The molecule has 0 spiro atoms. The molecule has 18 heavy (non-hydrogen) atoms. The number of aromatic nitrogens is 1. The molecular weight excluding hydrogens is 278 g/mol. The van der Waals surface area contributed by atoms with E-state index in [1.54, 1.807) is 0 Å². The second-order valence-corrected chi connectivity index (χ2v) is 6.15. The molecule has 3 aromatic rings. The molecule has 0 atom stereocenters. The Morgan fingerprint density at radius 1 is 0.833 bits per heavy atom. The topological polar surface area (TPSA) is 4.93 Å². The van der Waals surface area contributed by atoms with Gasteiger partial charge in [0.2, 0.25) is 0 Å². The van der Waals surface area contributed by atoms with Crippen molar-refractivity contribution < 1.29 is 0 Å². The SMILES string of the molecule is S=c1sc(=S)n(-c2ccccc2)c2ccccc12. The van der Waals surface area contributed by atoms with Crippen LogP contribution in [0.5, 0.6) is 0 Å².